The van der Waals surface area contributed by atoms with Crippen LogP contribution in [-0.4, -0.2) is 42.9 Å². The predicted molar refractivity (Wildman–Crippen MR) is 119 cm³/mol. The second-order valence-electron chi connectivity index (χ2n) is 8.63. The Kier molecular flexibility index (Phi) is 5.65. The van der Waals surface area contributed by atoms with Crippen LogP contribution < -0.4 is 10.5 Å². The van der Waals surface area contributed by atoms with Crippen molar-refractivity contribution in [3.8, 4) is 5.75 Å². The van der Waals surface area contributed by atoms with Gasteiger partial charge in [-0.05, 0) is 30.7 Å². The molecule has 0 amide bonds. The van der Waals surface area contributed by atoms with E-state index in [4.69, 9.17) is 15.2 Å². The molecule has 9 nitrogen and oxygen atoms in total. The molecule has 2 aromatic rings. The van der Waals surface area contributed by atoms with E-state index in [-0.39, 0.29) is 36.0 Å². The number of sulfone groups is 1. The molecule has 1 saturated carbocycles. The van der Waals surface area contributed by atoms with Crippen molar-refractivity contribution >= 4 is 21.4 Å². The summed E-state index contributed by atoms with van der Waals surface area (Å²) in [7, 11) is -2.28. The fourth-order valence-corrected chi connectivity index (χ4v) is 6.92. The maximum absolute atomic E-state index is 14.5. The van der Waals surface area contributed by atoms with E-state index in [9.17, 15) is 22.9 Å². The SMILES string of the molecule is COc1ccc(COC2CC3(C2)C(N)=N[C@](C)(c2cc([N+](=O)[O-])ccc2F)CS3(=O)=O)cc1. The monoisotopic (exact) mass is 477 g/mol. The van der Waals surface area contributed by atoms with Crippen molar-refractivity contribution < 1.29 is 27.2 Å². The van der Waals surface area contributed by atoms with Crippen LogP contribution in [0.3, 0.4) is 0 Å². The quantitative estimate of drug-likeness (QED) is 0.499. The third-order valence-corrected chi connectivity index (χ3v) is 9.08. The fraction of sp³-hybridized carbons (Fsp3) is 0.409. The van der Waals surface area contributed by atoms with Crippen molar-refractivity contribution in [1.82, 2.24) is 0 Å². The van der Waals surface area contributed by atoms with Crippen LogP contribution in [0.5, 0.6) is 5.75 Å². The summed E-state index contributed by atoms with van der Waals surface area (Å²) in [6.45, 7) is 1.72. The highest BCUT2D eigenvalue weighted by Crippen LogP contribution is 2.48. The van der Waals surface area contributed by atoms with Gasteiger partial charge in [0.1, 0.15) is 27.7 Å². The average molecular weight is 478 g/mol. The summed E-state index contributed by atoms with van der Waals surface area (Å²) in [6.07, 6.45) is -0.0302. The van der Waals surface area contributed by atoms with Crippen LogP contribution in [0.1, 0.15) is 30.9 Å². The number of nitro groups is 1. The minimum atomic E-state index is -3.85. The van der Waals surface area contributed by atoms with E-state index in [0.29, 0.717) is 6.61 Å². The van der Waals surface area contributed by atoms with Gasteiger partial charge in [0.15, 0.2) is 9.84 Å². The van der Waals surface area contributed by atoms with Crippen LogP contribution >= 0.6 is 0 Å². The highest BCUT2D eigenvalue weighted by Gasteiger charge is 2.62. The van der Waals surface area contributed by atoms with Crippen molar-refractivity contribution in [1.29, 1.82) is 0 Å². The number of nitrogens with zero attached hydrogens (tertiary/aromatic N) is 2. The first-order valence-corrected chi connectivity index (χ1v) is 11.9. The third-order valence-electron chi connectivity index (χ3n) is 6.40. The summed E-state index contributed by atoms with van der Waals surface area (Å²) in [5.74, 6) is -0.683. The summed E-state index contributed by atoms with van der Waals surface area (Å²) < 4.78 is 50.8. The molecule has 1 aliphatic carbocycles. The normalized spacial score (nSPS) is 28.1. The molecule has 0 bridgehead atoms. The molecule has 4 rings (SSSR count). The van der Waals surface area contributed by atoms with Crippen LogP contribution in [0.2, 0.25) is 0 Å². The Balaban J connectivity index is 1.53. The van der Waals surface area contributed by atoms with Gasteiger partial charge in [-0.15, -0.1) is 0 Å². The molecular formula is C22H24FN3O6S. The molecule has 2 aliphatic rings. The second kappa shape index (κ2) is 8.07. The number of methoxy groups -OCH3 is 1. The van der Waals surface area contributed by atoms with Gasteiger partial charge in [0.2, 0.25) is 0 Å². The van der Waals surface area contributed by atoms with E-state index in [0.717, 1.165) is 29.5 Å². The van der Waals surface area contributed by atoms with E-state index in [1.165, 1.54) is 6.92 Å². The lowest BCUT2D eigenvalue weighted by Crippen LogP contribution is -2.66. The standard InChI is InChI=1S/C22H24FN3O6S/c1-21(18-9-15(26(27)28)5-8-19(18)23)13-33(29,30)22(20(24)25-21)10-17(11-22)32-12-14-3-6-16(31-2)7-4-14/h3-9,17H,10-13H2,1-2H3,(H2,24,25)/t17?,21-,22?/m0/s1. The number of nitro benzene ring substituents is 1. The van der Waals surface area contributed by atoms with Crippen LogP contribution in [0.15, 0.2) is 47.5 Å². The van der Waals surface area contributed by atoms with Gasteiger partial charge in [-0.3, -0.25) is 15.1 Å². The molecule has 2 N–H and O–H groups in total. The Bertz CT molecular complexity index is 1230. The number of ether oxygens (including phenoxy) is 2. The molecule has 1 atom stereocenters. The van der Waals surface area contributed by atoms with E-state index in [2.05, 4.69) is 4.99 Å². The first-order chi connectivity index (χ1) is 15.5. The van der Waals surface area contributed by atoms with Gasteiger partial charge in [0.05, 0.1) is 30.5 Å². The first kappa shape index (κ1) is 23.1. The van der Waals surface area contributed by atoms with E-state index < -0.39 is 36.6 Å². The van der Waals surface area contributed by atoms with Gasteiger partial charge in [-0.25, -0.2) is 12.8 Å². The van der Waals surface area contributed by atoms with Crippen LogP contribution in [0, 0.1) is 15.9 Å². The van der Waals surface area contributed by atoms with Crippen molar-refractivity contribution in [2.45, 2.75) is 42.8 Å². The highest BCUT2D eigenvalue weighted by atomic mass is 32.2. The zero-order valence-corrected chi connectivity index (χ0v) is 19.0. The summed E-state index contributed by atoms with van der Waals surface area (Å²) in [6, 6.07) is 10.3. The molecule has 1 heterocycles. The lowest BCUT2D eigenvalue weighted by atomic mass is 9.79. The van der Waals surface area contributed by atoms with Gasteiger partial charge in [-0.1, -0.05) is 12.1 Å². The lowest BCUT2D eigenvalue weighted by molar-refractivity contribution is -0.385. The van der Waals surface area contributed by atoms with E-state index >= 15 is 0 Å². The molecule has 1 fully saturated rings. The number of rotatable bonds is 6. The van der Waals surface area contributed by atoms with Crippen LogP contribution in [-0.2, 0) is 26.7 Å². The number of halogens is 1. The summed E-state index contributed by atoms with van der Waals surface area (Å²) >= 11 is 0. The predicted octanol–water partition coefficient (Wildman–Crippen LogP) is 2.86. The van der Waals surface area contributed by atoms with Crippen molar-refractivity contribution in [3.05, 3.63) is 69.5 Å². The lowest BCUT2D eigenvalue weighted by Gasteiger charge is -2.50. The summed E-state index contributed by atoms with van der Waals surface area (Å²) in [5, 5.41) is 11.1. The Labute approximate surface area is 190 Å². The van der Waals surface area contributed by atoms with Gasteiger partial charge in [0.25, 0.3) is 5.69 Å². The number of aliphatic imine (C=N–C) groups is 1. The summed E-state index contributed by atoms with van der Waals surface area (Å²) in [4.78, 5) is 14.8. The molecule has 1 spiro atoms. The minimum Gasteiger partial charge on any atom is -0.497 e. The molecule has 0 radical (unpaired) electrons. The van der Waals surface area contributed by atoms with Gasteiger partial charge < -0.3 is 15.2 Å². The Hall–Kier alpha value is -3.05. The largest absolute Gasteiger partial charge is 0.497 e. The molecule has 1 aliphatic heterocycles. The maximum atomic E-state index is 14.5. The molecular weight excluding hydrogens is 453 g/mol. The van der Waals surface area contributed by atoms with Crippen molar-refractivity contribution in [2.24, 2.45) is 10.7 Å². The molecule has 0 saturated heterocycles. The zero-order chi connectivity index (χ0) is 24.0. The van der Waals surface area contributed by atoms with Crippen molar-refractivity contribution in [3.63, 3.8) is 0 Å². The number of non-ortho nitro benzene ring substituents is 1. The number of benzene rings is 2. The van der Waals surface area contributed by atoms with E-state index in [1.807, 2.05) is 24.3 Å². The topological polar surface area (TPSA) is 134 Å². The van der Waals surface area contributed by atoms with E-state index in [1.54, 1.807) is 7.11 Å². The molecule has 33 heavy (non-hydrogen) atoms. The molecule has 176 valence electrons. The smallest absolute Gasteiger partial charge is 0.270 e. The summed E-state index contributed by atoms with van der Waals surface area (Å²) in [5.41, 5.74) is 4.97. The van der Waals surface area contributed by atoms with Crippen molar-refractivity contribution in [2.75, 3.05) is 12.9 Å². The van der Waals surface area contributed by atoms with Gasteiger partial charge in [0, 0.05) is 30.5 Å². The first-order valence-electron chi connectivity index (χ1n) is 10.3. The Morgan fingerprint density at radius 3 is 2.48 bits per heavy atom. The van der Waals surface area contributed by atoms with Crippen LogP contribution in [0.25, 0.3) is 0 Å². The fourth-order valence-electron chi connectivity index (χ4n) is 4.44. The minimum absolute atomic E-state index is 0.119. The zero-order valence-electron chi connectivity index (χ0n) is 18.2. The number of amidine groups is 1. The maximum Gasteiger partial charge on any atom is 0.270 e. The highest BCUT2D eigenvalue weighted by molar-refractivity contribution is 7.93. The van der Waals surface area contributed by atoms with Crippen LogP contribution in [0.4, 0.5) is 10.1 Å². The average Bonchev–Trinajstić information content (AvgIpc) is 2.71. The number of hydrogen-bond donors (Lipinski definition) is 1. The Morgan fingerprint density at radius 2 is 1.91 bits per heavy atom. The molecule has 0 aromatic heterocycles. The molecule has 0 unspecified atom stereocenters. The third kappa shape index (κ3) is 3.95. The second-order valence-corrected chi connectivity index (χ2v) is 10.9. The Morgan fingerprint density at radius 1 is 1.24 bits per heavy atom. The molecule has 11 heteroatoms. The van der Waals surface area contributed by atoms with Gasteiger partial charge in [-0.2, -0.15) is 0 Å². The number of nitrogens with two attached hydrogens (primary N) is 1. The molecule has 2 aromatic carbocycles. The van der Waals surface area contributed by atoms with Gasteiger partial charge >= 0.3 is 0 Å². The number of hydrogen-bond acceptors (Lipinski definition) is 8.